The molecule has 18 heavy (non-hydrogen) atoms. The molecular weight excluding hydrogens is 238 g/mol. The Morgan fingerprint density at radius 3 is 2.44 bits per heavy atom. The Labute approximate surface area is 103 Å². The summed E-state index contributed by atoms with van der Waals surface area (Å²) in [6.07, 6.45) is 4.20. The summed E-state index contributed by atoms with van der Waals surface area (Å²) in [7, 11) is 0. The standard InChI is InChI=1S/C12H12F2N4/c1-8-2-9(4-15-3-8)10-5-16-12(17-6-10)18-7-11(13)14/h2-6,11H,7H2,1H3,(H,16,17,18). The van der Waals surface area contributed by atoms with Gasteiger partial charge in [-0.3, -0.25) is 4.98 Å². The van der Waals surface area contributed by atoms with Crippen molar-refractivity contribution in [3.8, 4) is 11.1 Å². The predicted molar refractivity (Wildman–Crippen MR) is 64.5 cm³/mol. The second-order valence-electron chi connectivity index (χ2n) is 3.82. The first-order valence-electron chi connectivity index (χ1n) is 5.41. The lowest BCUT2D eigenvalue weighted by Gasteiger charge is -2.05. The second kappa shape index (κ2) is 5.48. The van der Waals surface area contributed by atoms with Gasteiger partial charge >= 0.3 is 0 Å². The SMILES string of the molecule is Cc1cncc(-c2cnc(NCC(F)F)nc2)c1. The molecule has 0 aliphatic rings. The van der Waals surface area contributed by atoms with Crippen LogP contribution in [-0.2, 0) is 0 Å². The van der Waals surface area contributed by atoms with E-state index in [1.165, 1.54) is 0 Å². The number of aromatic nitrogens is 3. The van der Waals surface area contributed by atoms with Crippen molar-refractivity contribution in [1.82, 2.24) is 15.0 Å². The van der Waals surface area contributed by atoms with Gasteiger partial charge in [0.25, 0.3) is 6.43 Å². The molecule has 0 aliphatic heterocycles. The van der Waals surface area contributed by atoms with Gasteiger partial charge in [-0.25, -0.2) is 18.7 Å². The summed E-state index contributed by atoms with van der Waals surface area (Å²) in [5, 5.41) is 2.45. The maximum Gasteiger partial charge on any atom is 0.255 e. The van der Waals surface area contributed by atoms with E-state index in [9.17, 15) is 8.78 Å². The minimum atomic E-state index is -2.42. The molecule has 0 fully saturated rings. The highest BCUT2D eigenvalue weighted by Gasteiger charge is 2.04. The molecule has 4 nitrogen and oxygen atoms in total. The minimum absolute atomic E-state index is 0.194. The van der Waals surface area contributed by atoms with E-state index in [0.29, 0.717) is 0 Å². The number of hydrogen-bond acceptors (Lipinski definition) is 4. The smallest absolute Gasteiger partial charge is 0.255 e. The zero-order chi connectivity index (χ0) is 13.0. The average Bonchev–Trinajstić information content (AvgIpc) is 2.37. The molecule has 0 aliphatic carbocycles. The molecule has 6 heteroatoms. The van der Waals surface area contributed by atoms with Crippen LogP contribution in [0.25, 0.3) is 11.1 Å². The Kier molecular flexibility index (Phi) is 3.76. The van der Waals surface area contributed by atoms with Gasteiger partial charge in [-0.05, 0) is 18.6 Å². The molecule has 2 aromatic rings. The zero-order valence-electron chi connectivity index (χ0n) is 9.77. The first kappa shape index (κ1) is 12.3. The third kappa shape index (κ3) is 3.19. The average molecular weight is 250 g/mol. The third-order valence-corrected chi connectivity index (χ3v) is 2.27. The van der Waals surface area contributed by atoms with Gasteiger partial charge in [0.05, 0.1) is 6.54 Å². The molecule has 0 saturated heterocycles. The lowest BCUT2D eigenvalue weighted by Crippen LogP contribution is -2.12. The van der Waals surface area contributed by atoms with Gasteiger partial charge in [0.1, 0.15) is 0 Å². The van der Waals surface area contributed by atoms with Crippen LogP contribution in [0.5, 0.6) is 0 Å². The van der Waals surface area contributed by atoms with Gasteiger partial charge < -0.3 is 5.32 Å². The van der Waals surface area contributed by atoms with E-state index in [2.05, 4.69) is 20.3 Å². The van der Waals surface area contributed by atoms with E-state index < -0.39 is 13.0 Å². The van der Waals surface area contributed by atoms with Gasteiger partial charge in [0.15, 0.2) is 0 Å². The highest BCUT2D eigenvalue weighted by atomic mass is 19.3. The number of rotatable bonds is 4. The summed E-state index contributed by atoms with van der Waals surface area (Å²) in [5.74, 6) is 0.194. The molecule has 0 radical (unpaired) electrons. The van der Waals surface area contributed by atoms with Crippen molar-refractivity contribution >= 4 is 5.95 Å². The van der Waals surface area contributed by atoms with Gasteiger partial charge in [-0.2, -0.15) is 0 Å². The quantitative estimate of drug-likeness (QED) is 0.905. The Hall–Kier alpha value is -2.11. The maximum absolute atomic E-state index is 12.0. The molecule has 94 valence electrons. The first-order valence-corrected chi connectivity index (χ1v) is 5.41. The van der Waals surface area contributed by atoms with Gasteiger partial charge in [0, 0.05) is 35.9 Å². The predicted octanol–water partition coefficient (Wildman–Crippen LogP) is 2.52. The zero-order valence-corrected chi connectivity index (χ0v) is 9.77. The summed E-state index contributed by atoms with van der Waals surface area (Å²) in [5.41, 5.74) is 2.73. The van der Waals surface area contributed by atoms with Crippen LogP contribution in [0.4, 0.5) is 14.7 Å². The van der Waals surface area contributed by atoms with E-state index in [4.69, 9.17) is 0 Å². The molecule has 0 saturated carbocycles. The van der Waals surface area contributed by atoms with Crippen LogP contribution in [-0.4, -0.2) is 27.9 Å². The van der Waals surface area contributed by atoms with Crippen molar-refractivity contribution in [2.75, 3.05) is 11.9 Å². The van der Waals surface area contributed by atoms with E-state index in [-0.39, 0.29) is 5.95 Å². The molecule has 0 atom stereocenters. The molecule has 2 aromatic heterocycles. The molecule has 1 N–H and O–H groups in total. The van der Waals surface area contributed by atoms with Crippen LogP contribution in [0, 0.1) is 6.92 Å². The van der Waals surface area contributed by atoms with Crippen molar-refractivity contribution in [1.29, 1.82) is 0 Å². The fourth-order valence-corrected chi connectivity index (χ4v) is 1.45. The van der Waals surface area contributed by atoms with Gasteiger partial charge in [-0.1, -0.05) is 0 Å². The minimum Gasteiger partial charge on any atom is -0.348 e. The van der Waals surface area contributed by atoms with Crippen LogP contribution in [0.2, 0.25) is 0 Å². The summed E-state index contributed by atoms with van der Waals surface area (Å²) in [4.78, 5) is 12.0. The normalized spacial score (nSPS) is 10.7. The van der Waals surface area contributed by atoms with Crippen molar-refractivity contribution in [3.05, 3.63) is 36.4 Å². The number of hydrogen-bond donors (Lipinski definition) is 1. The number of aryl methyl sites for hydroxylation is 1. The van der Waals surface area contributed by atoms with Crippen LogP contribution in [0.1, 0.15) is 5.56 Å². The maximum atomic E-state index is 12.0. The Balaban J connectivity index is 2.12. The van der Waals surface area contributed by atoms with Crippen LogP contribution in [0.3, 0.4) is 0 Å². The molecular formula is C12H12F2N4. The van der Waals surface area contributed by atoms with Crippen molar-refractivity contribution in [2.24, 2.45) is 0 Å². The highest BCUT2D eigenvalue weighted by Crippen LogP contribution is 2.17. The van der Waals surface area contributed by atoms with Crippen molar-refractivity contribution in [3.63, 3.8) is 0 Å². The molecule has 0 aromatic carbocycles. The summed E-state index contributed by atoms with van der Waals surface area (Å²) < 4.78 is 24.0. The molecule has 2 rings (SSSR count). The largest absolute Gasteiger partial charge is 0.348 e. The number of anilines is 1. The summed E-state index contributed by atoms with van der Waals surface area (Å²) >= 11 is 0. The fraction of sp³-hybridized carbons (Fsp3) is 0.250. The van der Waals surface area contributed by atoms with E-state index >= 15 is 0 Å². The number of halogens is 2. The monoisotopic (exact) mass is 250 g/mol. The Bertz CT molecular complexity index is 514. The Morgan fingerprint density at radius 2 is 1.83 bits per heavy atom. The van der Waals surface area contributed by atoms with E-state index in [1.807, 2.05) is 13.0 Å². The van der Waals surface area contributed by atoms with E-state index in [1.54, 1.807) is 24.8 Å². The first-order chi connectivity index (χ1) is 8.65. The molecule has 2 heterocycles. The number of pyridine rings is 1. The van der Waals surface area contributed by atoms with Gasteiger partial charge in [0.2, 0.25) is 5.95 Å². The topological polar surface area (TPSA) is 50.7 Å². The van der Waals surface area contributed by atoms with Crippen molar-refractivity contribution < 1.29 is 8.78 Å². The highest BCUT2D eigenvalue weighted by molar-refractivity contribution is 5.61. The van der Waals surface area contributed by atoms with Gasteiger partial charge in [-0.15, -0.1) is 0 Å². The fourth-order valence-electron chi connectivity index (χ4n) is 1.45. The second-order valence-corrected chi connectivity index (χ2v) is 3.82. The number of nitrogens with zero attached hydrogens (tertiary/aromatic N) is 3. The van der Waals surface area contributed by atoms with Crippen LogP contribution < -0.4 is 5.32 Å². The van der Waals surface area contributed by atoms with Crippen molar-refractivity contribution in [2.45, 2.75) is 13.3 Å². The van der Waals surface area contributed by atoms with Crippen LogP contribution >= 0.6 is 0 Å². The lowest BCUT2D eigenvalue weighted by molar-refractivity contribution is 0.163. The van der Waals surface area contributed by atoms with E-state index in [0.717, 1.165) is 16.7 Å². The molecule has 0 amide bonds. The molecule has 0 bridgehead atoms. The molecule has 0 unspecified atom stereocenters. The summed E-state index contributed by atoms with van der Waals surface area (Å²) in [6.45, 7) is 1.49. The number of alkyl halides is 2. The number of nitrogens with one attached hydrogen (secondary N) is 1. The lowest BCUT2D eigenvalue weighted by atomic mass is 10.1. The molecule has 0 spiro atoms. The third-order valence-electron chi connectivity index (χ3n) is 2.27. The van der Waals surface area contributed by atoms with Crippen LogP contribution in [0.15, 0.2) is 30.9 Å². The Morgan fingerprint density at radius 1 is 1.11 bits per heavy atom. The summed E-state index contributed by atoms with van der Waals surface area (Å²) in [6, 6.07) is 1.96.